The number of hydrogen-bond donors (Lipinski definition) is 2. The van der Waals surface area contributed by atoms with Crippen LogP contribution in [0.2, 0.25) is 0 Å². The molecule has 0 radical (unpaired) electrons. The van der Waals surface area contributed by atoms with Crippen molar-refractivity contribution < 1.29 is 0 Å². The van der Waals surface area contributed by atoms with Gasteiger partial charge in [0.05, 0.1) is 5.54 Å². The van der Waals surface area contributed by atoms with Crippen LogP contribution in [0, 0.1) is 5.92 Å². The van der Waals surface area contributed by atoms with Gasteiger partial charge in [0.15, 0.2) is 5.11 Å². The molecule has 1 atom stereocenters. The molecule has 11 heavy (non-hydrogen) atoms. The standard InChI is InChI=1S/C7H12N2S2/c1-4(2)7(3)5(10)8-6(11)9-7/h4H,1-3H3,(H2,8,9,10,11). The topological polar surface area (TPSA) is 24.1 Å². The highest BCUT2D eigenvalue weighted by atomic mass is 32.1. The van der Waals surface area contributed by atoms with E-state index in [-0.39, 0.29) is 5.54 Å². The van der Waals surface area contributed by atoms with Crippen LogP contribution in [0.1, 0.15) is 20.8 Å². The summed E-state index contributed by atoms with van der Waals surface area (Å²) < 4.78 is 0. The fourth-order valence-corrected chi connectivity index (χ4v) is 1.73. The van der Waals surface area contributed by atoms with E-state index in [9.17, 15) is 0 Å². The molecule has 2 nitrogen and oxygen atoms in total. The van der Waals surface area contributed by atoms with E-state index in [1.807, 2.05) is 0 Å². The van der Waals surface area contributed by atoms with Gasteiger partial charge in [-0.1, -0.05) is 26.1 Å². The Kier molecular flexibility index (Phi) is 2.16. The fraction of sp³-hybridized carbons (Fsp3) is 0.714. The van der Waals surface area contributed by atoms with Crippen molar-refractivity contribution in [3.8, 4) is 0 Å². The van der Waals surface area contributed by atoms with Crippen molar-refractivity contribution in [1.82, 2.24) is 10.6 Å². The van der Waals surface area contributed by atoms with Crippen molar-refractivity contribution in [2.24, 2.45) is 5.92 Å². The molecule has 2 N–H and O–H groups in total. The number of thiocarbonyl (C=S) groups is 2. The Morgan fingerprint density at radius 3 is 2.09 bits per heavy atom. The first-order chi connectivity index (χ1) is 4.97. The van der Waals surface area contributed by atoms with Crippen molar-refractivity contribution in [2.45, 2.75) is 26.3 Å². The molecule has 0 spiro atoms. The molecule has 0 amide bonds. The lowest BCUT2D eigenvalue weighted by Gasteiger charge is -2.27. The highest BCUT2D eigenvalue weighted by Gasteiger charge is 2.39. The molecule has 1 unspecified atom stereocenters. The van der Waals surface area contributed by atoms with Crippen LogP contribution < -0.4 is 10.6 Å². The summed E-state index contributed by atoms with van der Waals surface area (Å²) in [6, 6.07) is 0. The summed E-state index contributed by atoms with van der Waals surface area (Å²) in [6.45, 7) is 6.30. The molecule has 1 aliphatic rings. The molecule has 0 aromatic rings. The lowest BCUT2D eigenvalue weighted by Crippen LogP contribution is -2.47. The highest BCUT2D eigenvalue weighted by molar-refractivity contribution is 7.82. The van der Waals surface area contributed by atoms with Gasteiger partial charge in [-0.2, -0.15) is 0 Å². The summed E-state index contributed by atoms with van der Waals surface area (Å²) in [5.74, 6) is 0.447. The van der Waals surface area contributed by atoms with Gasteiger partial charge >= 0.3 is 0 Å². The van der Waals surface area contributed by atoms with Crippen LogP contribution in [0.4, 0.5) is 0 Å². The second kappa shape index (κ2) is 2.68. The highest BCUT2D eigenvalue weighted by Crippen LogP contribution is 2.20. The lowest BCUT2D eigenvalue weighted by atomic mass is 9.90. The summed E-state index contributed by atoms with van der Waals surface area (Å²) in [7, 11) is 0. The molecule has 62 valence electrons. The summed E-state index contributed by atoms with van der Waals surface area (Å²) in [6.07, 6.45) is 0. The minimum Gasteiger partial charge on any atom is -0.351 e. The molecule has 0 saturated carbocycles. The van der Waals surface area contributed by atoms with E-state index >= 15 is 0 Å². The van der Waals surface area contributed by atoms with Crippen LogP contribution in [0.15, 0.2) is 0 Å². The van der Waals surface area contributed by atoms with Crippen molar-refractivity contribution in [2.75, 3.05) is 0 Å². The van der Waals surface area contributed by atoms with Crippen LogP contribution in [0.25, 0.3) is 0 Å². The fourth-order valence-electron chi connectivity index (χ4n) is 0.963. The predicted molar refractivity (Wildman–Crippen MR) is 54.7 cm³/mol. The molecule has 1 heterocycles. The molecule has 1 rings (SSSR count). The van der Waals surface area contributed by atoms with E-state index in [1.54, 1.807) is 0 Å². The Bertz CT molecular complexity index is 212. The molecule has 0 aliphatic carbocycles. The summed E-state index contributed by atoms with van der Waals surface area (Å²) in [4.78, 5) is 0.803. The Morgan fingerprint density at radius 2 is 1.91 bits per heavy atom. The summed E-state index contributed by atoms with van der Waals surface area (Å²) in [5, 5.41) is 6.74. The average molecular weight is 188 g/mol. The third-order valence-corrected chi connectivity index (χ3v) is 2.96. The maximum absolute atomic E-state index is 5.15. The van der Waals surface area contributed by atoms with Crippen LogP contribution in [0.5, 0.6) is 0 Å². The van der Waals surface area contributed by atoms with Crippen molar-refractivity contribution in [1.29, 1.82) is 0 Å². The van der Waals surface area contributed by atoms with Gasteiger partial charge in [0.1, 0.15) is 4.99 Å². The second-order valence-electron chi connectivity index (χ2n) is 3.27. The summed E-state index contributed by atoms with van der Waals surface area (Å²) >= 11 is 10.1. The molecule has 0 aromatic carbocycles. The lowest BCUT2D eigenvalue weighted by molar-refractivity contribution is 0.422. The maximum Gasteiger partial charge on any atom is 0.172 e. The van der Waals surface area contributed by atoms with Crippen LogP contribution in [0.3, 0.4) is 0 Å². The Hall–Kier alpha value is -0.220. The second-order valence-corrected chi connectivity index (χ2v) is 4.08. The third-order valence-electron chi connectivity index (χ3n) is 2.23. The Morgan fingerprint density at radius 1 is 1.36 bits per heavy atom. The van der Waals surface area contributed by atoms with Gasteiger partial charge in [0, 0.05) is 0 Å². The van der Waals surface area contributed by atoms with E-state index in [2.05, 4.69) is 31.4 Å². The monoisotopic (exact) mass is 188 g/mol. The molecule has 1 fully saturated rings. The van der Waals surface area contributed by atoms with E-state index in [4.69, 9.17) is 24.4 Å². The minimum absolute atomic E-state index is 0.146. The van der Waals surface area contributed by atoms with E-state index < -0.39 is 0 Å². The molecular weight excluding hydrogens is 176 g/mol. The minimum atomic E-state index is -0.146. The van der Waals surface area contributed by atoms with Gasteiger partial charge in [0.25, 0.3) is 0 Å². The number of hydrogen-bond acceptors (Lipinski definition) is 2. The quantitative estimate of drug-likeness (QED) is 0.604. The Labute approximate surface area is 77.7 Å². The number of rotatable bonds is 1. The van der Waals surface area contributed by atoms with Crippen LogP contribution in [-0.4, -0.2) is 15.6 Å². The SMILES string of the molecule is CC(C)C1(C)NC(=S)NC1=S. The van der Waals surface area contributed by atoms with E-state index in [0.29, 0.717) is 11.0 Å². The van der Waals surface area contributed by atoms with E-state index in [1.165, 1.54) is 0 Å². The zero-order valence-electron chi connectivity index (χ0n) is 6.89. The van der Waals surface area contributed by atoms with Gasteiger partial charge in [0.2, 0.25) is 0 Å². The zero-order valence-corrected chi connectivity index (χ0v) is 8.53. The largest absolute Gasteiger partial charge is 0.351 e. The molecule has 4 heteroatoms. The first kappa shape index (κ1) is 8.87. The van der Waals surface area contributed by atoms with Crippen LogP contribution in [-0.2, 0) is 0 Å². The molecule has 0 aromatic heterocycles. The molecule has 1 saturated heterocycles. The van der Waals surface area contributed by atoms with Crippen molar-refractivity contribution in [3.63, 3.8) is 0 Å². The first-order valence-corrected chi connectivity index (χ1v) is 4.42. The van der Waals surface area contributed by atoms with Crippen molar-refractivity contribution >= 4 is 34.5 Å². The van der Waals surface area contributed by atoms with Crippen molar-refractivity contribution in [3.05, 3.63) is 0 Å². The van der Waals surface area contributed by atoms with Gasteiger partial charge < -0.3 is 10.6 Å². The van der Waals surface area contributed by atoms with E-state index in [0.717, 1.165) is 4.99 Å². The Balaban J connectivity index is 2.87. The molecular formula is C7H12N2S2. The number of nitrogens with one attached hydrogen (secondary N) is 2. The predicted octanol–water partition coefficient (Wildman–Crippen LogP) is 1.21. The maximum atomic E-state index is 5.15. The van der Waals surface area contributed by atoms with Crippen LogP contribution >= 0.6 is 24.4 Å². The smallest absolute Gasteiger partial charge is 0.172 e. The first-order valence-electron chi connectivity index (χ1n) is 3.60. The van der Waals surface area contributed by atoms with Gasteiger partial charge in [-0.05, 0) is 25.1 Å². The van der Waals surface area contributed by atoms with Gasteiger partial charge in [-0.3, -0.25) is 0 Å². The molecule has 1 aliphatic heterocycles. The average Bonchev–Trinajstić information content (AvgIpc) is 2.08. The molecule has 0 bridgehead atoms. The van der Waals surface area contributed by atoms with Gasteiger partial charge in [-0.15, -0.1) is 0 Å². The normalized spacial score (nSPS) is 30.5. The summed E-state index contributed by atoms with van der Waals surface area (Å²) in [5.41, 5.74) is -0.146. The van der Waals surface area contributed by atoms with Gasteiger partial charge in [-0.25, -0.2) is 0 Å². The third kappa shape index (κ3) is 1.37. The zero-order chi connectivity index (χ0) is 8.65.